The molecule has 4 heteroatoms. The highest BCUT2D eigenvalue weighted by Gasteiger charge is 2.38. The molecule has 2 aliphatic rings. The zero-order valence-corrected chi connectivity index (χ0v) is 9.03. The predicted molar refractivity (Wildman–Crippen MR) is 58.3 cm³/mol. The van der Waals surface area contributed by atoms with Gasteiger partial charge in [-0.1, -0.05) is 0 Å². The van der Waals surface area contributed by atoms with Gasteiger partial charge in [0.15, 0.2) is 5.96 Å². The molecule has 0 aromatic heterocycles. The van der Waals surface area contributed by atoms with E-state index in [2.05, 4.69) is 22.3 Å². The van der Waals surface area contributed by atoms with Gasteiger partial charge in [0.1, 0.15) is 0 Å². The Hall–Kier alpha value is -0.770. The molecule has 2 atom stereocenters. The van der Waals surface area contributed by atoms with Crippen LogP contribution in [0.2, 0.25) is 0 Å². The van der Waals surface area contributed by atoms with Crippen molar-refractivity contribution in [3.8, 4) is 0 Å². The molecule has 0 amide bonds. The van der Waals surface area contributed by atoms with Gasteiger partial charge in [0.2, 0.25) is 0 Å². The summed E-state index contributed by atoms with van der Waals surface area (Å²) in [5, 5.41) is 3.29. The number of piperidine rings is 1. The van der Waals surface area contributed by atoms with Gasteiger partial charge in [-0.2, -0.15) is 0 Å². The van der Waals surface area contributed by atoms with Crippen LogP contribution in [0.15, 0.2) is 4.99 Å². The Morgan fingerprint density at radius 2 is 1.93 bits per heavy atom. The average molecular weight is 196 g/mol. The first-order chi connectivity index (χ1) is 6.70. The summed E-state index contributed by atoms with van der Waals surface area (Å²) in [6.07, 6.45) is 5.12. The normalized spacial score (nSPS) is 38.7. The highest BCUT2D eigenvalue weighted by atomic mass is 15.2. The lowest BCUT2D eigenvalue weighted by Gasteiger charge is -2.36. The van der Waals surface area contributed by atoms with Gasteiger partial charge in [0, 0.05) is 25.2 Å². The molecule has 0 aromatic rings. The zero-order valence-electron chi connectivity index (χ0n) is 9.03. The summed E-state index contributed by atoms with van der Waals surface area (Å²) in [5.41, 5.74) is 5.68. The molecule has 14 heavy (non-hydrogen) atoms. The first kappa shape index (κ1) is 9.77. The van der Waals surface area contributed by atoms with E-state index >= 15 is 0 Å². The molecule has 4 nitrogen and oxygen atoms in total. The fourth-order valence-electron chi connectivity index (χ4n) is 2.80. The van der Waals surface area contributed by atoms with E-state index in [0.29, 0.717) is 12.0 Å². The summed E-state index contributed by atoms with van der Waals surface area (Å²) in [4.78, 5) is 6.47. The van der Waals surface area contributed by atoms with Gasteiger partial charge in [-0.15, -0.1) is 0 Å². The van der Waals surface area contributed by atoms with Crippen molar-refractivity contribution in [1.29, 1.82) is 0 Å². The fraction of sp³-hybridized carbons (Fsp3) is 0.900. The van der Waals surface area contributed by atoms with Crippen LogP contribution in [-0.2, 0) is 0 Å². The van der Waals surface area contributed by atoms with Crippen LogP contribution >= 0.6 is 0 Å². The van der Waals surface area contributed by atoms with Crippen molar-refractivity contribution >= 4 is 5.96 Å². The second-order valence-corrected chi connectivity index (χ2v) is 4.47. The number of nitrogens with zero attached hydrogens (tertiary/aromatic N) is 2. The SMILES string of the molecule is CN=C(N)NC1CC2CCC(C1)N2C. The van der Waals surface area contributed by atoms with Crippen molar-refractivity contribution in [1.82, 2.24) is 10.2 Å². The maximum Gasteiger partial charge on any atom is 0.188 e. The van der Waals surface area contributed by atoms with E-state index in [1.807, 2.05) is 0 Å². The number of guanidine groups is 1. The summed E-state index contributed by atoms with van der Waals surface area (Å²) < 4.78 is 0. The summed E-state index contributed by atoms with van der Waals surface area (Å²) in [6, 6.07) is 2.05. The molecule has 0 saturated carbocycles. The Morgan fingerprint density at radius 1 is 1.36 bits per heavy atom. The molecule has 80 valence electrons. The van der Waals surface area contributed by atoms with E-state index < -0.39 is 0 Å². The molecule has 2 rings (SSSR count). The largest absolute Gasteiger partial charge is 0.370 e. The molecular formula is C10H20N4. The smallest absolute Gasteiger partial charge is 0.188 e. The maximum absolute atomic E-state index is 5.68. The third-order valence-corrected chi connectivity index (χ3v) is 3.69. The van der Waals surface area contributed by atoms with Gasteiger partial charge in [0.25, 0.3) is 0 Å². The maximum atomic E-state index is 5.68. The van der Waals surface area contributed by atoms with Crippen molar-refractivity contribution in [3.63, 3.8) is 0 Å². The third kappa shape index (κ3) is 1.71. The molecule has 2 aliphatic heterocycles. The first-order valence-electron chi connectivity index (χ1n) is 5.41. The molecule has 2 unspecified atom stereocenters. The Labute approximate surface area is 85.6 Å². The molecule has 0 spiro atoms. The number of hydrogen-bond donors (Lipinski definition) is 2. The monoisotopic (exact) mass is 196 g/mol. The van der Waals surface area contributed by atoms with Crippen molar-refractivity contribution in [2.24, 2.45) is 10.7 Å². The molecule has 2 bridgehead atoms. The lowest BCUT2D eigenvalue weighted by atomic mass is 9.98. The number of nitrogens with one attached hydrogen (secondary N) is 1. The van der Waals surface area contributed by atoms with Crippen LogP contribution in [0.1, 0.15) is 25.7 Å². The molecule has 3 N–H and O–H groups in total. The standard InChI is InChI=1S/C10H20N4/c1-12-10(11)13-7-5-8-3-4-9(6-7)14(8)2/h7-9H,3-6H2,1-2H3,(H3,11,12,13). The van der Waals surface area contributed by atoms with Crippen LogP contribution in [0.3, 0.4) is 0 Å². The number of fused-ring (bicyclic) bond motifs is 2. The Balaban J connectivity index is 1.93. The number of rotatable bonds is 1. The van der Waals surface area contributed by atoms with Gasteiger partial charge in [0.05, 0.1) is 0 Å². The van der Waals surface area contributed by atoms with Gasteiger partial charge < -0.3 is 16.0 Å². The van der Waals surface area contributed by atoms with Crippen LogP contribution in [-0.4, -0.2) is 43.1 Å². The van der Waals surface area contributed by atoms with E-state index in [4.69, 9.17) is 5.73 Å². The highest BCUT2D eigenvalue weighted by molar-refractivity contribution is 5.77. The summed E-state index contributed by atoms with van der Waals surface area (Å²) in [6.45, 7) is 0. The van der Waals surface area contributed by atoms with Crippen molar-refractivity contribution in [3.05, 3.63) is 0 Å². The minimum absolute atomic E-state index is 0.535. The first-order valence-corrected chi connectivity index (χ1v) is 5.41. The van der Waals surface area contributed by atoms with E-state index in [1.54, 1.807) is 7.05 Å². The van der Waals surface area contributed by atoms with Crippen LogP contribution in [0.25, 0.3) is 0 Å². The number of hydrogen-bond acceptors (Lipinski definition) is 2. The van der Waals surface area contributed by atoms with Crippen LogP contribution in [0, 0.1) is 0 Å². The molecule has 0 aromatic carbocycles. The molecule has 2 fully saturated rings. The van der Waals surface area contributed by atoms with E-state index in [0.717, 1.165) is 12.1 Å². The highest BCUT2D eigenvalue weighted by Crippen LogP contribution is 2.33. The summed E-state index contributed by atoms with van der Waals surface area (Å²) >= 11 is 0. The summed E-state index contributed by atoms with van der Waals surface area (Å²) in [7, 11) is 3.97. The van der Waals surface area contributed by atoms with E-state index in [-0.39, 0.29) is 0 Å². The van der Waals surface area contributed by atoms with Gasteiger partial charge in [-0.3, -0.25) is 4.99 Å². The van der Waals surface area contributed by atoms with Crippen LogP contribution < -0.4 is 11.1 Å². The minimum atomic E-state index is 0.535. The van der Waals surface area contributed by atoms with Gasteiger partial charge >= 0.3 is 0 Å². The molecule has 0 radical (unpaired) electrons. The fourth-order valence-corrected chi connectivity index (χ4v) is 2.80. The minimum Gasteiger partial charge on any atom is -0.370 e. The number of nitrogens with two attached hydrogens (primary N) is 1. The van der Waals surface area contributed by atoms with Crippen LogP contribution in [0.4, 0.5) is 0 Å². The number of aliphatic imine (C=N–C) groups is 1. The quantitative estimate of drug-likeness (QED) is 0.463. The average Bonchev–Trinajstić information content (AvgIpc) is 2.42. The molecular weight excluding hydrogens is 176 g/mol. The lowest BCUT2D eigenvalue weighted by Crippen LogP contribution is -2.50. The van der Waals surface area contributed by atoms with Crippen LogP contribution in [0.5, 0.6) is 0 Å². The second kappa shape index (κ2) is 3.77. The van der Waals surface area contributed by atoms with Gasteiger partial charge in [-0.05, 0) is 32.7 Å². The molecule has 0 aliphatic carbocycles. The van der Waals surface area contributed by atoms with E-state index in [9.17, 15) is 0 Å². The van der Waals surface area contributed by atoms with Crippen molar-refractivity contribution in [2.45, 2.75) is 43.8 Å². The topological polar surface area (TPSA) is 53.6 Å². The zero-order chi connectivity index (χ0) is 10.1. The predicted octanol–water partition coefficient (Wildman–Crippen LogP) is 0.146. The van der Waals surface area contributed by atoms with Crippen molar-refractivity contribution < 1.29 is 0 Å². The Bertz CT molecular complexity index is 224. The Kier molecular flexibility index (Phi) is 2.63. The van der Waals surface area contributed by atoms with Crippen molar-refractivity contribution in [2.75, 3.05) is 14.1 Å². The third-order valence-electron chi connectivity index (χ3n) is 3.69. The summed E-state index contributed by atoms with van der Waals surface area (Å²) in [5.74, 6) is 0.582. The van der Waals surface area contributed by atoms with E-state index in [1.165, 1.54) is 25.7 Å². The lowest BCUT2D eigenvalue weighted by molar-refractivity contribution is 0.156. The Morgan fingerprint density at radius 3 is 2.43 bits per heavy atom. The second-order valence-electron chi connectivity index (χ2n) is 4.47. The molecule has 2 heterocycles. The van der Waals surface area contributed by atoms with Gasteiger partial charge in [-0.25, -0.2) is 0 Å². The molecule has 2 saturated heterocycles.